The number of ether oxygens (including phenoxy) is 1. The summed E-state index contributed by atoms with van der Waals surface area (Å²) in [5.74, 6) is 0.894. The second kappa shape index (κ2) is 8.54. The molecule has 6 nitrogen and oxygen atoms in total. The fraction of sp³-hybridized carbons (Fsp3) is 0.556. The van der Waals surface area contributed by atoms with E-state index >= 15 is 0 Å². The first-order chi connectivity index (χ1) is 15.9. The zero-order valence-corrected chi connectivity index (χ0v) is 19.3. The second-order valence-corrected chi connectivity index (χ2v) is 10.2. The number of allylic oxidation sites excluding steroid dienone is 2. The van der Waals surface area contributed by atoms with Crippen LogP contribution < -0.4 is 0 Å². The number of carbonyl (C=O) groups is 4. The van der Waals surface area contributed by atoms with Gasteiger partial charge >= 0.3 is 5.97 Å². The summed E-state index contributed by atoms with van der Waals surface area (Å²) >= 11 is 0. The molecule has 6 atom stereocenters. The average molecular weight is 450 g/mol. The van der Waals surface area contributed by atoms with E-state index in [0.717, 1.165) is 17.5 Å². The Bertz CT molecular complexity index is 1010. The molecule has 0 spiro atoms. The van der Waals surface area contributed by atoms with Gasteiger partial charge in [-0.3, -0.25) is 24.1 Å². The van der Waals surface area contributed by atoms with Crippen molar-refractivity contribution in [1.29, 1.82) is 0 Å². The van der Waals surface area contributed by atoms with Crippen LogP contribution in [0.25, 0.3) is 0 Å². The van der Waals surface area contributed by atoms with Crippen LogP contribution in [0.4, 0.5) is 0 Å². The summed E-state index contributed by atoms with van der Waals surface area (Å²) in [6.45, 7) is 4.10. The lowest BCUT2D eigenvalue weighted by molar-refractivity contribution is -0.143. The number of amides is 2. The lowest BCUT2D eigenvalue weighted by Crippen LogP contribution is -2.40. The van der Waals surface area contributed by atoms with Crippen molar-refractivity contribution in [2.24, 2.45) is 35.5 Å². The molecule has 4 aliphatic carbocycles. The fourth-order valence-electron chi connectivity index (χ4n) is 6.17. The zero-order valence-electron chi connectivity index (χ0n) is 19.3. The van der Waals surface area contributed by atoms with Crippen molar-refractivity contribution in [2.75, 3.05) is 13.2 Å². The molecule has 2 bridgehead atoms. The van der Waals surface area contributed by atoms with Crippen LogP contribution in [-0.4, -0.2) is 41.6 Å². The smallest absolute Gasteiger partial charge is 0.306 e. The fourth-order valence-corrected chi connectivity index (χ4v) is 6.17. The minimum absolute atomic E-state index is 0.0129. The maximum absolute atomic E-state index is 12.9. The molecule has 1 heterocycles. The molecule has 0 unspecified atom stereocenters. The van der Waals surface area contributed by atoms with Gasteiger partial charge in [-0.1, -0.05) is 30.7 Å². The lowest BCUT2D eigenvalue weighted by Gasteiger charge is -2.37. The van der Waals surface area contributed by atoms with E-state index in [-0.39, 0.29) is 54.3 Å². The van der Waals surface area contributed by atoms with Gasteiger partial charge in [0.1, 0.15) is 0 Å². The van der Waals surface area contributed by atoms with E-state index in [0.29, 0.717) is 36.8 Å². The van der Waals surface area contributed by atoms with Crippen LogP contribution in [0, 0.1) is 49.4 Å². The number of imide groups is 1. The van der Waals surface area contributed by atoms with Gasteiger partial charge in [-0.15, -0.1) is 0 Å². The highest BCUT2D eigenvalue weighted by Gasteiger charge is 2.66. The first-order valence-corrected chi connectivity index (χ1v) is 12.2. The van der Waals surface area contributed by atoms with Crippen LogP contribution in [0.1, 0.15) is 53.6 Å². The standard InChI is InChI=1S/C27H31NO5/c1-15-7-8-17(12-16(15)2)22(29)14-33-23(30)6-4-3-5-11-28-26(31)24-18-9-10-19(21-13-20(18)21)25(24)27(28)32/h7-10,12,18-21,24-25H,3-6,11,13-14H2,1-2H3/t18-,19-,20-,21-,24+,25+/m0/s1. The number of rotatable bonds is 9. The number of ketones is 1. The molecule has 6 rings (SSSR count). The molecular formula is C27H31NO5. The van der Waals surface area contributed by atoms with Gasteiger partial charge in [-0.2, -0.15) is 0 Å². The number of Topliss-reactive ketones (excluding diaryl/α,β-unsaturated/α-hetero) is 1. The van der Waals surface area contributed by atoms with Gasteiger partial charge in [-0.05, 0) is 74.0 Å². The molecule has 1 saturated heterocycles. The average Bonchev–Trinajstić information content (AvgIpc) is 3.59. The molecule has 0 aromatic heterocycles. The van der Waals surface area contributed by atoms with Crippen molar-refractivity contribution < 1.29 is 23.9 Å². The topological polar surface area (TPSA) is 80.8 Å². The zero-order chi connectivity index (χ0) is 23.3. The molecule has 0 N–H and O–H groups in total. The highest BCUT2D eigenvalue weighted by molar-refractivity contribution is 6.06. The van der Waals surface area contributed by atoms with E-state index in [1.807, 2.05) is 26.0 Å². The number of nitrogens with zero attached hydrogens (tertiary/aromatic N) is 1. The minimum Gasteiger partial charge on any atom is -0.457 e. The molecule has 0 radical (unpaired) electrons. The summed E-state index contributed by atoms with van der Waals surface area (Å²) in [4.78, 5) is 51.6. The molecule has 33 heavy (non-hydrogen) atoms. The predicted octanol–water partition coefficient (Wildman–Crippen LogP) is 3.64. The Morgan fingerprint density at radius 2 is 1.61 bits per heavy atom. The maximum Gasteiger partial charge on any atom is 0.306 e. The Morgan fingerprint density at radius 3 is 2.24 bits per heavy atom. The van der Waals surface area contributed by atoms with Crippen molar-refractivity contribution in [3.63, 3.8) is 0 Å². The SMILES string of the molecule is Cc1ccc(C(=O)COC(=O)CCCCCN2C(=O)[C@@H]3[C@H]4C=C[C@@H]([C@@H]5C[C@@H]45)[C@H]3C2=O)cc1C. The first-order valence-electron chi connectivity index (χ1n) is 12.2. The van der Waals surface area contributed by atoms with Crippen molar-refractivity contribution in [1.82, 2.24) is 4.90 Å². The van der Waals surface area contributed by atoms with E-state index in [4.69, 9.17) is 4.74 Å². The largest absolute Gasteiger partial charge is 0.457 e. The van der Waals surface area contributed by atoms with E-state index in [2.05, 4.69) is 12.2 Å². The first kappa shape index (κ1) is 22.1. The lowest BCUT2D eigenvalue weighted by atomic mass is 9.63. The highest BCUT2D eigenvalue weighted by Crippen LogP contribution is 2.65. The molecule has 3 fully saturated rings. The quantitative estimate of drug-likeness (QED) is 0.189. The summed E-state index contributed by atoms with van der Waals surface area (Å²) in [5, 5.41) is 0. The number of aryl methyl sites for hydroxylation is 2. The molecule has 2 amide bonds. The molecule has 5 aliphatic rings. The van der Waals surface area contributed by atoms with Gasteiger partial charge in [-0.25, -0.2) is 0 Å². The Balaban J connectivity index is 1.02. The summed E-state index contributed by atoms with van der Waals surface area (Å²) in [6, 6.07) is 5.45. The van der Waals surface area contributed by atoms with Gasteiger partial charge in [0.05, 0.1) is 11.8 Å². The summed E-state index contributed by atoms with van der Waals surface area (Å²) in [5.41, 5.74) is 2.69. The van der Waals surface area contributed by atoms with Crippen molar-refractivity contribution in [3.8, 4) is 0 Å². The van der Waals surface area contributed by atoms with Crippen LogP contribution in [0.15, 0.2) is 30.4 Å². The van der Waals surface area contributed by atoms with Gasteiger partial charge < -0.3 is 4.74 Å². The molecule has 174 valence electrons. The Kier molecular flexibility index (Phi) is 5.71. The van der Waals surface area contributed by atoms with Gasteiger partial charge in [0, 0.05) is 18.5 Å². The number of hydrogen-bond acceptors (Lipinski definition) is 5. The maximum atomic E-state index is 12.9. The van der Waals surface area contributed by atoms with E-state index < -0.39 is 5.97 Å². The van der Waals surface area contributed by atoms with Gasteiger partial charge in [0.25, 0.3) is 0 Å². The third-order valence-corrected chi connectivity index (χ3v) is 8.21. The molecule has 1 aromatic rings. The molecule has 2 saturated carbocycles. The van der Waals surface area contributed by atoms with Crippen LogP contribution >= 0.6 is 0 Å². The highest BCUT2D eigenvalue weighted by atomic mass is 16.5. The Labute approximate surface area is 194 Å². The van der Waals surface area contributed by atoms with Crippen molar-refractivity contribution in [3.05, 3.63) is 47.0 Å². The van der Waals surface area contributed by atoms with Crippen molar-refractivity contribution >= 4 is 23.6 Å². The number of benzene rings is 1. The predicted molar refractivity (Wildman–Crippen MR) is 121 cm³/mol. The molecule has 6 heteroatoms. The van der Waals surface area contributed by atoms with Gasteiger partial charge in [0.2, 0.25) is 11.8 Å². The van der Waals surface area contributed by atoms with E-state index in [1.165, 1.54) is 11.3 Å². The monoisotopic (exact) mass is 449 g/mol. The Hall–Kier alpha value is -2.76. The number of hydrogen-bond donors (Lipinski definition) is 0. The van der Waals surface area contributed by atoms with Crippen LogP contribution in [0.2, 0.25) is 0 Å². The van der Waals surface area contributed by atoms with E-state index in [9.17, 15) is 19.2 Å². The third-order valence-electron chi connectivity index (χ3n) is 8.21. The Morgan fingerprint density at radius 1 is 0.939 bits per heavy atom. The van der Waals surface area contributed by atoms with Crippen molar-refractivity contribution in [2.45, 2.75) is 46.0 Å². The summed E-state index contributed by atoms with van der Waals surface area (Å²) in [7, 11) is 0. The second-order valence-electron chi connectivity index (χ2n) is 10.2. The van der Waals surface area contributed by atoms with Crippen LogP contribution in [-0.2, 0) is 19.1 Å². The number of carbonyl (C=O) groups excluding carboxylic acids is 4. The molecular weight excluding hydrogens is 418 g/mol. The normalized spacial score (nSPS) is 30.9. The number of likely N-dealkylation sites (tertiary alicyclic amines) is 1. The third kappa shape index (κ3) is 3.94. The van der Waals surface area contributed by atoms with Gasteiger partial charge in [0.15, 0.2) is 12.4 Å². The number of unbranched alkanes of at least 4 members (excludes halogenated alkanes) is 2. The summed E-state index contributed by atoms with van der Waals surface area (Å²) in [6.07, 6.45) is 7.78. The number of esters is 1. The van der Waals surface area contributed by atoms with E-state index in [1.54, 1.807) is 6.07 Å². The molecule has 1 aliphatic heterocycles. The summed E-state index contributed by atoms with van der Waals surface area (Å²) < 4.78 is 5.14. The van der Waals surface area contributed by atoms with Crippen LogP contribution in [0.3, 0.4) is 0 Å². The molecule has 1 aromatic carbocycles. The van der Waals surface area contributed by atoms with Crippen LogP contribution in [0.5, 0.6) is 0 Å². The minimum atomic E-state index is -0.395.